The van der Waals surface area contributed by atoms with Crippen LogP contribution in [0.4, 0.5) is 0 Å². The topological polar surface area (TPSA) is 60.7 Å². The van der Waals surface area contributed by atoms with Crippen molar-refractivity contribution in [3.8, 4) is 17.2 Å². The van der Waals surface area contributed by atoms with Crippen molar-refractivity contribution in [1.29, 1.82) is 0 Å². The molecule has 0 atom stereocenters. The molecular formula is C15H16O3. The number of phenolic OH excluding ortho intramolecular Hbond substituents is 3. The average molecular weight is 244 g/mol. The monoisotopic (exact) mass is 244 g/mol. The Morgan fingerprint density at radius 3 is 2.11 bits per heavy atom. The van der Waals surface area contributed by atoms with Crippen molar-refractivity contribution in [2.45, 2.75) is 20.3 Å². The Morgan fingerprint density at radius 2 is 1.50 bits per heavy atom. The van der Waals surface area contributed by atoms with Crippen LogP contribution in [0.5, 0.6) is 17.2 Å². The second-order valence-electron chi connectivity index (χ2n) is 4.54. The van der Waals surface area contributed by atoms with Crippen LogP contribution in [0.25, 0.3) is 0 Å². The fourth-order valence-corrected chi connectivity index (χ4v) is 2.09. The van der Waals surface area contributed by atoms with E-state index in [1.54, 1.807) is 12.1 Å². The molecule has 0 aliphatic heterocycles. The molecule has 0 aromatic heterocycles. The van der Waals surface area contributed by atoms with Crippen LogP contribution in [0, 0.1) is 13.8 Å². The molecule has 2 aromatic rings. The summed E-state index contributed by atoms with van der Waals surface area (Å²) in [4.78, 5) is 0. The van der Waals surface area contributed by atoms with Crippen molar-refractivity contribution in [2.75, 3.05) is 0 Å². The fraction of sp³-hybridized carbons (Fsp3) is 0.200. The molecule has 18 heavy (non-hydrogen) atoms. The van der Waals surface area contributed by atoms with E-state index in [0.717, 1.165) is 16.7 Å². The van der Waals surface area contributed by atoms with Gasteiger partial charge in [0.15, 0.2) is 11.5 Å². The van der Waals surface area contributed by atoms with Gasteiger partial charge < -0.3 is 15.3 Å². The molecule has 0 unspecified atom stereocenters. The van der Waals surface area contributed by atoms with Gasteiger partial charge in [0.2, 0.25) is 0 Å². The lowest BCUT2D eigenvalue weighted by atomic mass is 9.99. The van der Waals surface area contributed by atoms with Crippen LogP contribution in [0.2, 0.25) is 0 Å². The molecule has 0 radical (unpaired) electrons. The molecule has 0 aliphatic carbocycles. The summed E-state index contributed by atoms with van der Waals surface area (Å²) in [7, 11) is 0. The van der Waals surface area contributed by atoms with Gasteiger partial charge in [0.05, 0.1) is 0 Å². The molecule has 0 spiro atoms. The van der Waals surface area contributed by atoms with E-state index in [1.165, 1.54) is 6.07 Å². The number of phenols is 3. The van der Waals surface area contributed by atoms with Gasteiger partial charge in [0.25, 0.3) is 0 Å². The van der Waals surface area contributed by atoms with Crippen molar-refractivity contribution in [3.63, 3.8) is 0 Å². The molecule has 0 saturated carbocycles. The van der Waals surface area contributed by atoms with E-state index in [0.29, 0.717) is 17.7 Å². The zero-order valence-electron chi connectivity index (χ0n) is 10.4. The van der Waals surface area contributed by atoms with Crippen molar-refractivity contribution in [1.82, 2.24) is 0 Å². The second-order valence-corrected chi connectivity index (χ2v) is 4.54. The quantitative estimate of drug-likeness (QED) is 0.712. The molecule has 0 fully saturated rings. The molecule has 3 N–H and O–H groups in total. The Bertz CT molecular complexity index is 565. The van der Waals surface area contributed by atoms with Gasteiger partial charge >= 0.3 is 0 Å². The number of benzene rings is 2. The van der Waals surface area contributed by atoms with Crippen LogP contribution in [0.15, 0.2) is 30.3 Å². The first-order valence-corrected chi connectivity index (χ1v) is 5.78. The summed E-state index contributed by atoms with van der Waals surface area (Å²) >= 11 is 0. The van der Waals surface area contributed by atoms with E-state index < -0.39 is 0 Å². The summed E-state index contributed by atoms with van der Waals surface area (Å²) in [6, 6.07) is 8.68. The lowest BCUT2D eigenvalue weighted by Crippen LogP contribution is -1.92. The van der Waals surface area contributed by atoms with E-state index in [1.807, 2.05) is 26.0 Å². The Morgan fingerprint density at radius 1 is 0.889 bits per heavy atom. The third-order valence-corrected chi connectivity index (χ3v) is 3.04. The lowest BCUT2D eigenvalue weighted by molar-refractivity contribution is 0.400. The number of hydrogen-bond donors (Lipinski definition) is 3. The molecule has 0 aliphatic rings. The van der Waals surface area contributed by atoms with Crippen LogP contribution < -0.4 is 0 Å². The Labute approximate surface area is 106 Å². The maximum absolute atomic E-state index is 9.75. The van der Waals surface area contributed by atoms with E-state index in [-0.39, 0.29) is 11.5 Å². The maximum atomic E-state index is 9.75. The highest BCUT2D eigenvalue weighted by atomic mass is 16.3. The van der Waals surface area contributed by atoms with E-state index >= 15 is 0 Å². The molecule has 94 valence electrons. The maximum Gasteiger partial charge on any atom is 0.161 e. The van der Waals surface area contributed by atoms with Gasteiger partial charge in [-0.15, -0.1) is 0 Å². The van der Waals surface area contributed by atoms with Gasteiger partial charge in [-0.25, -0.2) is 0 Å². The summed E-state index contributed by atoms with van der Waals surface area (Å²) in [5, 5.41) is 28.9. The smallest absolute Gasteiger partial charge is 0.161 e. The van der Waals surface area contributed by atoms with Crippen molar-refractivity contribution in [3.05, 3.63) is 52.6 Å². The zero-order valence-corrected chi connectivity index (χ0v) is 10.4. The molecule has 2 aromatic carbocycles. The van der Waals surface area contributed by atoms with Gasteiger partial charge in [-0.2, -0.15) is 0 Å². The minimum Gasteiger partial charge on any atom is -0.507 e. The van der Waals surface area contributed by atoms with E-state index in [4.69, 9.17) is 0 Å². The number of hydrogen-bond acceptors (Lipinski definition) is 3. The molecule has 0 heterocycles. The highest BCUT2D eigenvalue weighted by Gasteiger charge is 2.09. The summed E-state index contributed by atoms with van der Waals surface area (Å²) in [5.41, 5.74) is 3.28. The highest BCUT2D eigenvalue weighted by molar-refractivity contribution is 5.48. The molecule has 2 rings (SSSR count). The SMILES string of the molecule is Cc1cc(Cc2cccc(O)c2O)cc(C)c1O. The molecule has 3 nitrogen and oxygen atoms in total. The van der Waals surface area contributed by atoms with Crippen molar-refractivity contribution in [2.24, 2.45) is 0 Å². The number of para-hydroxylation sites is 1. The first-order valence-electron chi connectivity index (χ1n) is 5.78. The summed E-state index contributed by atoms with van der Waals surface area (Å²) in [6.45, 7) is 3.68. The minimum absolute atomic E-state index is 0.0825. The fourth-order valence-electron chi connectivity index (χ4n) is 2.09. The summed E-state index contributed by atoms with van der Waals surface area (Å²) in [5.74, 6) is 0.111. The Balaban J connectivity index is 2.37. The second kappa shape index (κ2) is 4.61. The predicted octanol–water partition coefficient (Wildman–Crippen LogP) is 3.01. The summed E-state index contributed by atoms with van der Waals surface area (Å²) in [6.07, 6.45) is 0.516. The van der Waals surface area contributed by atoms with Gasteiger partial charge in [-0.3, -0.25) is 0 Å². The lowest BCUT2D eigenvalue weighted by Gasteiger charge is -2.09. The van der Waals surface area contributed by atoms with E-state index in [2.05, 4.69) is 0 Å². The highest BCUT2D eigenvalue weighted by Crippen LogP contribution is 2.31. The molecular weight excluding hydrogens is 228 g/mol. The van der Waals surface area contributed by atoms with Gasteiger partial charge in [0.1, 0.15) is 5.75 Å². The van der Waals surface area contributed by atoms with Gasteiger partial charge in [-0.05, 0) is 36.6 Å². The molecule has 0 amide bonds. The van der Waals surface area contributed by atoms with Gasteiger partial charge in [0, 0.05) is 12.0 Å². The number of aromatic hydroxyl groups is 3. The third kappa shape index (κ3) is 2.25. The normalized spacial score (nSPS) is 10.6. The van der Waals surface area contributed by atoms with Crippen LogP contribution in [-0.2, 0) is 6.42 Å². The largest absolute Gasteiger partial charge is 0.507 e. The Hall–Kier alpha value is -2.16. The summed E-state index contributed by atoms with van der Waals surface area (Å²) < 4.78 is 0. The van der Waals surface area contributed by atoms with Crippen LogP contribution in [0.1, 0.15) is 22.3 Å². The number of rotatable bonds is 2. The minimum atomic E-state index is -0.111. The first kappa shape index (κ1) is 12.3. The van der Waals surface area contributed by atoms with Gasteiger partial charge in [-0.1, -0.05) is 24.3 Å². The average Bonchev–Trinajstić information content (AvgIpc) is 2.32. The first-order chi connectivity index (χ1) is 8.49. The van der Waals surface area contributed by atoms with Crippen LogP contribution in [0.3, 0.4) is 0 Å². The van der Waals surface area contributed by atoms with Crippen LogP contribution >= 0.6 is 0 Å². The standard InChI is InChI=1S/C15H16O3/c1-9-6-11(7-10(2)14(9)17)8-12-4-3-5-13(16)15(12)18/h3-7,16-18H,8H2,1-2H3. The number of aryl methyl sites for hydroxylation is 2. The molecule has 0 saturated heterocycles. The Kier molecular flexibility index (Phi) is 3.15. The van der Waals surface area contributed by atoms with Crippen molar-refractivity contribution >= 4 is 0 Å². The van der Waals surface area contributed by atoms with E-state index in [9.17, 15) is 15.3 Å². The predicted molar refractivity (Wildman–Crippen MR) is 70.2 cm³/mol. The van der Waals surface area contributed by atoms with Crippen LogP contribution in [-0.4, -0.2) is 15.3 Å². The zero-order chi connectivity index (χ0) is 13.3. The molecule has 3 heteroatoms. The van der Waals surface area contributed by atoms with Crippen molar-refractivity contribution < 1.29 is 15.3 Å². The molecule has 0 bridgehead atoms. The third-order valence-electron chi connectivity index (χ3n) is 3.04.